The van der Waals surface area contributed by atoms with Crippen LogP contribution >= 0.6 is 0 Å². The smallest absolute Gasteiger partial charge is 0.220 e. The minimum absolute atomic E-state index is 0.0770. The fraction of sp³-hybridized carbons (Fsp3) is 0.861. The van der Waals surface area contributed by atoms with Crippen LogP contribution in [0.2, 0.25) is 0 Å². The first-order valence-electron chi connectivity index (χ1n) is 17.6. The van der Waals surface area contributed by atoms with Crippen LogP contribution in [0, 0.1) is 0 Å². The third-order valence-electron chi connectivity index (χ3n) is 7.91. The zero-order chi connectivity index (χ0) is 29.4. The molecule has 0 aromatic rings. The highest BCUT2D eigenvalue weighted by Crippen LogP contribution is 2.14. The highest BCUT2D eigenvalue weighted by molar-refractivity contribution is 5.76. The summed E-state index contributed by atoms with van der Waals surface area (Å²) in [6.07, 6.45) is 39.8. The summed E-state index contributed by atoms with van der Waals surface area (Å²) in [7, 11) is 0. The van der Waals surface area contributed by atoms with Crippen LogP contribution < -0.4 is 5.32 Å². The second-order valence-corrected chi connectivity index (χ2v) is 11.9. The minimum Gasteiger partial charge on any atom is -0.394 e. The number of carbonyl (C=O) groups is 1. The molecular weight excluding hydrogens is 494 g/mol. The predicted octanol–water partition coefficient (Wildman–Crippen LogP) is 10.1. The lowest BCUT2D eigenvalue weighted by molar-refractivity contribution is -0.123. The van der Waals surface area contributed by atoms with Gasteiger partial charge in [0.1, 0.15) is 0 Å². The second-order valence-electron chi connectivity index (χ2n) is 11.9. The molecule has 40 heavy (non-hydrogen) atoms. The highest BCUT2D eigenvalue weighted by atomic mass is 16.3. The van der Waals surface area contributed by atoms with Gasteiger partial charge in [0.2, 0.25) is 5.91 Å². The molecule has 0 aliphatic rings. The molecule has 4 heteroatoms. The Morgan fingerprint density at radius 3 is 1.48 bits per heavy atom. The van der Waals surface area contributed by atoms with Crippen molar-refractivity contribution in [3.05, 3.63) is 24.3 Å². The Hall–Kier alpha value is -1.13. The van der Waals surface area contributed by atoms with Crippen LogP contribution in [0.5, 0.6) is 0 Å². The van der Waals surface area contributed by atoms with E-state index in [4.69, 9.17) is 0 Å². The summed E-state index contributed by atoms with van der Waals surface area (Å²) in [4.78, 5) is 12.2. The van der Waals surface area contributed by atoms with Crippen molar-refractivity contribution in [1.29, 1.82) is 0 Å². The quantitative estimate of drug-likeness (QED) is 0.0580. The van der Waals surface area contributed by atoms with E-state index in [1.807, 2.05) is 6.08 Å². The SMILES string of the molecule is CCC/C=C\CCCCCCCC(=O)NC(CO)C(O)/C=C/CCCCCCCCCCCCCCCCCC. The van der Waals surface area contributed by atoms with Crippen molar-refractivity contribution < 1.29 is 15.0 Å². The lowest BCUT2D eigenvalue weighted by atomic mass is 10.0. The van der Waals surface area contributed by atoms with Gasteiger partial charge in [-0.1, -0.05) is 160 Å². The molecule has 0 aliphatic carbocycles. The molecule has 4 nitrogen and oxygen atoms in total. The topological polar surface area (TPSA) is 69.6 Å². The monoisotopic (exact) mass is 564 g/mol. The number of hydrogen-bond donors (Lipinski definition) is 3. The number of carbonyl (C=O) groups excluding carboxylic acids is 1. The van der Waals surface area contributed by atoms with Gasteiger partial charge in [0.05, 0.1) is 18.8 Å². The van der Waals surface area contributed by atoms with Gasteiger partial charge in [-0.05, 0) is 38.5 Å². The largest absolute Gasteiger partial charge is 0.394 e. The van der Waals surface area contributed by atoms with Crippen molar-refractivity contribution in [2.75, 3.05) is 6.61 Å². The maximum absolute atomic E-state index is 12.2. The van der Waals surface area contributed by atoms with Crippen molar-refractivity contribution in [2.45, 2.75) is 193 Å². The molecule has 1 amide bonds. The molecular formula is C36H69NO3. The van der Waals surface area contributed by atoms with Gasteiger partial charge in [-0.25, -0.2) is 0 Å². The van der Waals surface area contributed by atoms with E-state index in [2.05, 4.69) is 31.3 Å². The Kier molecular flexibility index (Phi) is 31.5. The maximum Gasteiger partial charge on any atom is 0.220 e. The number of unbranched alkanes of at least 4 members (excludes halogenated alkanes) is 22. The van der Waals surface area contributed by atoms with Crippen LogP contribution in [-0.4, -0.2) is 34.9 Å². The fourth-order valence-corrected chi connectivity index (χ4v) is 5.18. The molecule has 2 unspecified atom stereocenters. The molecule has 0 rings (SSSR count). The van der Waals surface area contributed by atoms with Crippen molar-refractivity contribution in [1.82, 2.24) is 5.32 Å². The molecule has 236 valence electrons. The first-order chi connectivity index (χ1) is 19.7. The van der Waals surface area contributed by atoms with Gasteiger partial charge in [-0.2, -0.15) is 0 Å². The summed E-state index contributed by atoms with van der Waals surface area (Å²) in [5, 5.41) is 22.8. The number of aliphatic hydroxyl groups is 2. The van der Waals surface area contributed by atoms with E-state index in [9.17, 15) is 15.0 Å². The van der Waals surface area contributed by atoms with Crippen LogP contribution in [0.3, 0.4) is 0 Å². The Labute approximate surface area is 249 Å². The van der Waals surface area contributed by atoms with Crippen molar-refractivity contribution >= 4 is 5.91 Å². The number of hydrogen-bond acceptors (Lipinski definition) is 3. The van der Waals surface area contributed by atoms with Crippen LogP contribution in [0.4, 0.5) is 0 Å². The first-order valence-corrected chi connectivity index (χ1v) is 17.6. The lowest BCUT2D eigenvalue weighted by Gasteiger charge is -2.20. The normalized spacial score (nSPS) is 13.4. The van der Waals surface area contributed by atoms with E-state index in [0.717, 1.165) is 38.5 Å². The highest BCUT2D eigenvalue weighted by Gasteiger charge is 2.17. The number of amides is 1. The van der Waals surface area contributed by atoms with E-state index in [0.29, 0.717) is 6.42 Å². The van der Waals surface area contributed by atoms with Crippen molar-refractivity contribution in [2.24, 2.45) is 0 Å². The molecule has 0 aromatic carbocycles. The predicted molar refractivity (Wildman–Crippen MR) is 175 cm³/mol. The average Bonchev–Trinajstić information content (AvgIpc) is 2.96. The zero-order valence-corrected chi connectivity index (χ0v) is 26.9. The molecule has 2 atom stereocenters. The zero-order valence-electron chi connectivity index (χ0n) is 26.9. The molecule has 0 bridgehead atoms. The molecule has 0 saturated heterocycles. The van der Waals surface area contributed by atoms with E-state index in [1.165, 1.54) is 122 Å². The average molecular weight is 564 g/mol. The van der Waals surface area contributed by atoms with E-state index < -0.39 is 12.1 Å². The van der Waals surface area contributed by atoms with Gasteiger partial charge in [-0.3, -0.25) is 4.79 Å². The second kappa shape index (κ2) is 32.4. The summed E-state index contributed by atoms with van der Waals surface area (Å²) < 4.78 is 0. The third kappa shape index (κ3) is 28.4. The van der Waals surface area contributed by atoms with Crippen LogP contribution in [0.15, 0.2) is 24.3 Å². The Morgan fingerprint density at radius 2 is 1.00 bits per heavy atom. The molecule has 0 aliphatic heterocycles. The van der Waals surface area contributed by atoms with E-state index in [-0.39, 0.29) is 12.5 Å². The van der Waals surface area contributed by atoms with Gasteiger partial charge in [0.15, 0.2) is 0 Å². The van der Waals surface area contributed by atoms with Crippen molar-refractivity contribution in [3.63, 3.8) is 0 Å². The number of rotatable bonds is 31. The molecule has 0 spiro atoms. The summed E-state index contributed by atoms with van der Waals surface area (Å²) >= 11 is 0. The van der Waals surface area contributed by atoms with E-state index in [1.54, 1.807) is 6.08 Å². The first kappa shape index (κ1) is 38.9. The molecule has 0 radical (unpaired) electrons. The van der Waals surface area contributed by atoms with Gasteiger partial charge < -0.3 is 15.5 Å². The van der Waals surface area contributed by atoms with Gasteiger partial charge in [0.25, 0.3) is 0 Å². The van der Waals surface area contributed by atoms with Crippen LogP contribution in [0.25, 0.3) is 0 Å². The summed E-state index contributed by atoms with van der Waals surface area (Å²) in [6, 6.07) is -0.621. The van der Waals surface area contributed by atoms with Crippen LogP contribution in [0.1, 0.15) is 181 Å². The maximum atomic E-state index is 12.2. The van der Waals surface area contributed by atoms with Gasteiger partial charge in [-0.15, -0.1) is 0 Å². The van der Waals surface area contributed by atoms with Crippen LogP contribution in [-0.2, 0) is 4.79 Å². The summed E-state index contributed by atoms with van der Waals surface area (Å²) in [5.74, 6) is -0.0770. The minimum atomic E-state index is -0.837. The Bertz CT molecular complexity index is 574. The molecule has 0 saturated carbocycles. The third-order valence-corrected chi connectivity index (χ3v) is 7.91. The summed E-state index contributed by atoms with van der Waals surface area (Å²) in [5.41, 5.74) is 0. The van der Waals surface area contributed by atoms with E-state index >= 15 is 0 Å². The van der Waals surface area contributed by atoms with Crippen molar-refractivity contribution in [3.8, 4) is 0 Å². The van der Waals surface area contributed by atoms with Gasteiger partial charge >= 0.3 is 0 Å². The fourth-order valence-electron chi connectivity index (χ4n) is 5.18. The number of nitrogens with one attached hydrogen (secondary N) is 1. The molecule has 0 aromatic heterocycles. The number of allylic oxidation sites excluding steroid dienone is 3. The standard InChI is InChI=1S/C36H69NO3/c1-3-5-7-9-11-13-15-16-17-18-19-20-21-22-23-25-27-29-31-35(39)34(33-38)37-36(40)32-30-28-26-24-14-12-10-8-6-4-2/h8,10,29,31,34-35,38-39H,3-7,9,11-28,30,32-33H2,1-2H3,(H,37,40)/b10-8-,31-29+. The number of aliphatic hydroxyl groups excluding tert-OH is 2. The Balaban J connectivity index is 3.61. The van der Waals surface area contributed by atoms with Gasteiger partial charge in [0, 0.05) is 6.42 Å². The molecule has 0 fully saturated rings. The molecule has 0 heterocycles. The lowest BCUT2D eigenvalue weighted by Crippen LogP contribution is -2.45. The summed E-state index contributed by atoms with van der Waals surface area (Å²) in [6.45, 7) is 4.23. The molecule has 3 N–H and O–H groups in total. The Morgan fingerprint density at radius 1 is 0.575 bits per heavy atom.